The van der Waals surface area contributed by atoms with Crippen LogP contribution in [0.2, 0.25) is 0 Å². The molecule has 0 aliphatic heterocycles. The molecule has 9 aromatic rings. The normalized spacial score (nSPS) is 15.0. The molecule has 0 saturated heterocycles. The molecule has 4 heteroatoms. The minimum absolute atomic E-state index is 0.0736. The molecule has 0 N–H and O–H groups in total. The molecule has 230 valence electrons. The van der Waals surface area contributed by atoms with E-state index in [1.54, 1.807) is 48.5 Å². The SMILES string of the molecule is [2H]c1c([2H])c([2H])c(-c2nc(-c3ccccc3)nc(-c3cc(-c4ccccc4-c4ccccc4)ccc3-n3c4c([2H])c([2H])c([2H])c([2H])c4c4c([2H])c([2H])c([2H])c([2H])c43)n2)c([2H])c1[2H]. The Balaban J connectivity index is 1.47. The second-order valence-electron chi connectivity index (χ2n) is 11.1. The minimum atomic E-state index is -0.603. The molecule has 0 spiro atoms. The maximum atomic E-state index is 9.21. The van der Waals surface area contributed by atoms with Crippen molar-refractivity contribution in [3.63, 3.8) is 0 Å². The average molecular weight is 640 g/mol. The van der Waals surface area contributed by atoms with Gasteiger partial charge in [-0.25, -0.2) is 15.0 Å². The number of aromatic nitrogens is 4. The Morgan fingerprint density at radius 1 is 0.388 bits per heavy atom. The number of nitrogens with zero attached hydrogens (tertiary/aromatic N) is 4. The number of benzene rings is 7. The first-order valence-corrected chi connectivity index (χ1v) is 15.4. The molecule has 0 aliphatic carbocycles. The number of rotatable bonds is 6. The molecule has 0 unspecified atom stereocenters. The van der Waals surface area contributed by atoms with Gasteiger partial charge in [0.25, 0.3) is 0 Å². The average Bonchev–Trinajstić information content (AvgIpc) is 3.67. The molecular weight excluding hydrogens is 597 g/mol. The number of hydrogen-bond acceptors (Lipinski definition) is 3. The molecule has 49 heavy (non-hydrogen) atoms. The summed E-state index contributed by atoms with van der Waals surface area (Å²) in [7, 11) is 0. The Kier molecular flexibility index (Phi) is 4.48. The lowest BCUT2D eigenvalue weighted by Gasteiger charge is -2.17. The van der Waals surface area contributed by atoms with Crippen molar-refractivity contribution in [2.75, 3.05) is 0 Å². The van der Waals surface area contributed by atoms with Gasteiger partial charge in [0.1, 0.15) is 0 Å². The maximum Gasteiger partial charge on any atom is 0.166 e. The van der Waals surface area contributed by atoms with Gasteiger partial charge in [-0.1, -0.05) is 157 Å². The predicted octanol–water partition coefficient (Wildman–Crippen LogP) is 11.3. The monoisotopic (exact) mass is 639 g/mol. The summed E-state index contributed by atoms with van der Waals surface area (Å²) >= 11 is 0. The first-order valence-electron chi connectivity index (χ1n) is 21.9. The molecule has 2 aromatic heterocycles. The van der Waals surface area contributed by atoms with E-state index in [0.717, 1.165) is 16.7 Å². The van der Waals surface area contributed by atoms with Crippen molar-refractivity contribution < 1.29 is 17.8 Å². The molecule has 0 bridgehead atoms. The zero-order valence-electron chi connectivity index (χ0n) is 38.6. The number of hydrogen-bond donors (Lipinski definition) is 0. The van der Waals surface area contributed by atoms with Gasteiger partial charge in [0.15, 0.2) is 17.5 Å². The molecule has 4 nitrogen and oxygen atoms in total. The summed E-state index contributed by atoms with van der Waals surface area (Å²) in [5, 5.41) is -0.245. The van der Waals surface area contributed by atoms with Gasteiger partial charge < -0.3 is 4.57 Å². The molecular formula is C45H30N4. The van der Waals surface area contributed by atoms with Crippen LogP contribution in [0.4, 0.5) is 0 Å². The molecule has 2 heterocycles. The van der Waals surface area contributed by atoms with Crippen molar-refractivity contribution in [2.45, 2.75) is 0 Å². The van der Waals surface area contributed by atoms with Gasteiger partial charge in [-0.2, -0.15) is 0 Å². The number of para-hydroxylation sites is 2. The van der Waals surface area contributed by atoms with Crippen molar-refractivity contribution in [1.82, 2.24) is 19.5 Å². The van der Waals surface area contributed by atoms with E-state index in [2.05, 4.69) is 4.98 Å². The predicted molar refractivity (Wildman–Crippen MR) is 201 cm³/mol. The topological polar surface area (TPSA) is 43.6 Å². The second-order valence-corrected chi connectivity index (χ2v) is 11.1. The third-order valence-corrected chi connectivity index (χ3v) is 8.22. The van der Waals surface area contributed by atoms with Crippen LogP contribution >= 0.6 is 0 Å². The summed E-state index contributed by atoms with van der Waals surface area (Å²) < 4.78 is 115. The Morgan fingerprint density at radius 2 is 0.898 bits per heavy atom. The highest BCUT2D eigenvalue weighted by atomic mass is 15.1. The smallest absolute Gasteiger partial charge is 0.166 e. The van der Waals surface area contributed by atoms with E-state index in [4.69, 9.17) is 25.0 Å². The van der Waals surface area contributed by atoms with Crippen molar-refractivity contribution in [3.8, 4) is 62.1 Å². The van der Waals surface area contributed by atoms with Crippen molar-refractivity contribution in [1.29, 1.82) is 0 Å². The van der Waals surface area contributed by atoms with E-state index in [1.807, 2.05) is 54.6 Å². The van der Waals surface area contributed by atoms with Gasteiger partial charge in [0.05, 0.1) is 34.5 Å². The first kappa shape index (κ1) is 18.0. The standard InChI is InChI=1S/C45H30N4/c1-4-16-31(17-5-1)35-22-10-11-23-36(35)34-28-29-42(49-40-26-14-12-24-37(40)38-25-13-15-27-41(38)49)39(30-34)45-47-43(32-18-6-2-7-19-32)46-44(48-45)33-20-8-3-9-21-33/h1-30H/i2D,6D,7D,12D,13D,14D,15D,18D,19D,24D,25D,26D,27D. The van der Waals surface area contributed by atoms with E-state index < -0.39 is 78.6 Å². The van der Waals surface area contributed by atoms with Crippen LogP contribution in [-0.4, -0.2) is 19.5 Å². The third-order valence-electron chi connectivity index (χ3n) is 8.22. The van der Waals surface area contributed by atoms with E-state index in [9.17, 15) is 2.74 Å². The zero-order valence-corrected chi connectivity index (χ0v) is 25.6. The second kappa shape index (κ2) is 12.2. The molecule has 9 rings (SSSR count). The van der Waals surface area contributed by atoms with Gasteiger partial charge >= 0.3 is 0 Å². The lowest BCUT2D eigenvalue weighted by molar-refractivity contribution is 1.06. The van der Waals surface area contributed by atoms with E-state index >= 15 is 0 Å². The van der Waals surface area contributed by atoms with Crippen LogP contribution in [0.25, 0.3) is 83.9 Å². The van der Waals surface area contributed by atoms with Gasteiger partial charge in [0.2, 0.25) is 0 Å². The van der Waals surface area contributed by atoms with Gasteiger partial charge in [0, 0.05) is 27.5 Å². The van der Waals surface area contributed by atoms with Crippen LogP contribution in [0.1, 0.15) is 17.8 Å². The summed E-state index contributed by atoms with van der Waals surface area (Å²) in [5.74, 6) is -0.256. The Hall–Kier alpha value is -6.65. The highest BCUT2D eigenvalue weighted by molar-refractivity contribution is 6.09. The Bertz CT molecular complexity index is 3230. The quantitative estimate of drug-likeness (QED) is 0.182. The Labute approximate surface area is 302 Å². The molecule has 0 saturated carbocycles. The maximum absolute atomic E-state index is 9.21. The summed E-state index contributed by atoms with van der Waals surface area (Å²) in [6, 6.07) is 24.1. The fraction of sp³-hybridized carbons (Fsp3) is 0. The third kappa shape index (κ3) is 5.16. The first-order chi connectivity index (χ1) is 29.7. The van der Waals surface area contributed by atoms with Crippen LogP contribution in [0.15, 0.2) is 182 Å². The summed E-state index contributed by atoms with van der Waals surface area (Å²) in [4.78, 5) is 14.4. The fourth-order valence-corrected chi connectivity index (χ4v) is 6.03. The number of fused-ring (bicyclic) bond motifs is 3. The van der Waals surface area contributed by atoms with Crippen LogP contribution in [-0.2, 0) is 0 Å². The van der Waals surface area contributed by atoms with Crippen LogP contribution in [0.5, 0.6) is 0 Å². The molecule has 0 atom stereocenters. The van der Waals surface area contributed by atoms with Crippen molar-refractivity contribution in [3.05, 3.63) is 182 Å². The highest BCUT2D eigenvalue weighted by Gasteiger charge is 2.20. The minimum Gasteiger partial charge on any atom is -0.309 e. The fourth-order valence-electron chi connectivity index (χ4n) is 6.03. The lowest BCUT2D eigenvalue weighted by Crippen LogP contribution is -2.04. The van der Waals surface area contributed by atoms with Gasteiger partial charge in [-0.3, -0.25) is 0 Å². The molecule has 0 aliphatic rings. The summed E-state index contributed by atoms with van der Waals surface area (Å²) in [5.41, 5.74) is 3.50. The molecule has 0 fully saturated rings. The Morgan fingerprint density at radius 3 is 1.55 bits per heavy atom. The molecule has 0 amide bonds. The van der Waals surface area contributed by atoms with E-state index in [0.29, 0.717) is 11.1 Å². The largest absolute Gasteiger partial charge is 0.309 e. The lowest BCUT2D eigenvalue weighted by atomic mass is 9.93. The molecule has 7 aromatic carbocycles. The van der Waals surface area contributed by atoms with E-state index in [1.165, 1.54) is 4.57 Å². The highest BCUT2D eigenvalue weighted by Crippen LogP contribution is 2.40. The summed E-state index contributed by atoms with van der Waals surface area (Å²) in [6.45, 7) is 0. The van der Waals surface area contributed by atoms with Crippen LogP contribution in [0, 0.1) is 0 Å². The summed E-state index contributed by atoms with van der Waals surface area (Å²) in [6.07, 6.45) is 0. The zero-order chi connectivity index (χ0) is 43.9. The van der Waals surface area contributed by atoms with Crippen LogP contribution < -0.4 is 0 Å². The van der Waals surface area contributed by atoms with Gasteiger partial charge in [-0.05, 0) is 46.5 Å². The van der Waals surface area contributed by atoms with Gasteiger partial charge in [-0.15, -0.1) is 0 Å². The van der Waals surface area contributed by atoms with Crippen molar-refractivity contribution in [2.24, 2.45) is 0 Å². The van der Waals surface area contributed by atoms with E-state index in [-0.39, 0.29) is 56.1 Å². The molecule has 0 radical (unpaired) electrons. The van der Waals surface area contributed by atoms with Crippen LogP contribution in [0.3, 0.4) is 0 Å². The van der Waals surface area contributed by atoms with Crippen molar-refractivity contribution >= 4 is 21.8 Å².